The van der Waals surface area contributed by atoms with Crippen molar-refractivity contribution in [1.29, 1.82) is 0 Å². The van der Waals surface area contributed by atoms with Crippen LogP contribution in [0.4, 0.5) is 5.69 Å². The molecule has 0 saturated heterocycles. The van der Waals surface area contributed by atoms with Crippen LogP contribution in [0.5, 0.6) is 11.5 Å². The first-order valence-corrected chi connectivity index (χ1v) is 9.54. The first-order chi connectivity index (χ1) is 14.0. The molecule has 0 saturated carbocycles. The van der Waals surface area contributed by atoms with Crippen molar-refractivity contribution in [3.8, 4) is 11.5 Å². The number of carbonyl (C=O) groups is 2. The lowest BCUT2D eigenvalue weighted by Gasteiger charge is -2.32. The number of cyclic esters (lactones) is 1. The van der Waals surface area contributed by atoms with E-state index in [1.807, 2.05) is 31.2 Å². The molecule has 150 valence electrons. The normalized spacial score (nSPS) is 18.6. The summed E-state index contributed by atoms with van der Waals surface area (Å²) < 4.78 is 16.2. The number of aryl methyl sites for hydroxylation is 1. The first-order valence-electron chi connectivity index (χ1n) is 9.16. The molecule has 2 aromatic rings. The second-order valence-corrected chi connectivity index (χ2v) is 7.35. The second kappa shape index (κ2) is 7.44. The summed E-state index contributed by atoms with van der Waals surface area (Å²) in [7, 11) is 3.08. The Bertz CT molecular complexity index is 1050. The fourth-order valence-electron chi connectivity index (χ4n) is 3.93. The molecule has 0 bridgehead atoms. The molecule has 1 atom stereocenters. The fourth-order valence-corrected chi connectivity index (χ4v) is 4.10. The van der Waals surface area contributed by atoms with Crippen molar-refractivity contribution in [3.05, 3.63) is 63.8 Å². The molecule has 2 aliphatic rings. The maximum absolute atomic E-state index is 13.2. The van der Waals surface area contributed by atoms with Crippen LogP contribution in [-0.2, 0) is 14.3 Å². The van der Waals surface area contributed by atoms with Gasteiger partial charge in [0.25, 0.3) is 0 Å². The van der Waals surface area contributed by atoms with E-state index in [9.17, 15) is 9.59 Å². The molecule has 0 N–H and O–H groups in total. The number of halogens is 1. The standard InChI is InChI=1S/C22H20ClNO5/c1-12-7-8-13(9-16(12)23)24-17-11-29-22(26)20(17)15(10-19(24)25)14-5-4-6-18(27-2)21(14)28-3/h4-9,15H,10-11H2,1-3H3/t15-/m1/s1. The van der Waals surface area contributed by atoms with E-state index in [-0.39, 0.29) is 18.9 Å². The summed E-state index contributed by atoms with van der Waals surface area (Å²) in [6.45, 7) is 1.93. The van der Waals surface area contributed by atoms with Crippen LogP contribution in [-0.4, -0.2) is 32.7 Å². The number of ether oxygens (including phenoxy) is 3. The summed E-state index contributed by atoms with van der Waals surface area (Å²) in [5.74, 6) is 0.00188. The van der Waals surface area contributed by atoms with Crippen LogP contribution < -0.4 is 14.4 Å². The van der Waals surface area contributed by atoms with Gasteiger partial charge in [-0.1, -0.05) is 29.8 Å². The van der Waals surface area contributed by atoms with Gasteiger partial charge in [0, 0.05) is 22.9 Å². The van der Waals surface area contributed by atoms with Crippen LogP contribution in [0.1, 0.15) is 23.5 Å². The lowest BCUT2D eigenvalue weighted by molar-refractivity contribution is -0.136. The molecule has 2 aromatic carbocycles. The number of hydrogen-bond donors (Lipinski definition) is 0. The van der Waals surface area contributed by atoms with Gasteiger partial charge in [-0.15, -0.1) is 0 Å². The van der Waals surface area contributed by atoms with Crippen LogP contribution >= 0.6 is 11.6 Å². The molecule has 0 spiro atoms. The lowest BCUT2D eigenvalue weighted by Crippen LogP contribution is -2.37. The summed E-state index contributed by atoms with van der Waals surface area (Å²) >= 11 is 6.27. The fraction of sp³-hybridized carbons (Fsp3) is 0.273. The van der Waals surface area contributed by atoms with Gasteiger partial charge in [0.1, 0.15) is 6.61 Å². The van der Waals surface area contributed by atoms with E-state index in [0.717, 1.165) is 5.56 Å². The van der Waals surface area contributed by atoms with E-state index in [0.29, 0.717) is 39.0 Å². The number of hydrogen-bond acceptors (Lipinski definition) is 5. The van der Waals surface area contributed by atoms with Gasteiger partial charge in [-0.3, -0.25) is 9.69 Å². The SMILES string of the molecule is COc1cccc([C@H]2CC(=O)N(c3ccc(C)c(Cl)c3)C3=C2C(=O)OC3)c1OC. The number of anilines is 1. The third kappa shape index (κ3) is 3.13. The molecule has 0 fully saturated rings. The van der Waals surface area contributed by atoms with Gasteiger partial charge < -0.3 is 14.2 Å². The van der Waals surface area contributed by atoms with Crippen molar-refractivity contribution in [2.24, 2.45) is 0 Å². The molecule has 4 rings (SSSR count). The van der Waals surface area contributed by atoms with Crippen molar-refractivity contribution in [2.45, 2.75) is 19.3 Å². The highest BCUT2D eigenvalue weighted by molar-refractivity contribution is 6.31. The summed E-state index contributed by atoms with van der Waals surface area (Å²) in [5, 5.41) is 0.555. The third-order valence-electron chi connectivity index (χ3n) is 5.34. The van der Waals surface area contributed by atoms with E-state index < -0.39 is 11.9 Å². The zero-order valence-electron chi connectivity index (χ0n) is 16.3. The molecule has 2 heterocycles. The highest BCUT2D eigenvalue weighted by Gasteiger charge is 2.44. The predicted molar refractivity (Wildman–Crippen MR) is 109 cm³/mol. The van der Waals surface area contributed by atoms with Crippen LogP contribution in [0.3, 0.4) is 0 Å². The zero-order valence-corrected chi connectivity index (χ0v) is 17.1. The number of rotatable bonds is 4. The minimum absolute atomic E-state index is 0.0359. The minimum atomic E-state index is -0.477. The molecular formula is C22H20ClNO5. The number of nitrogens with zero attached hydrogens (tertiary/aromatic N) is 1. The molecular weight excluding hydrogens is 394 g/mol. The third-order valence-corrected chi connectivity index (χ3v) is 5.75. The Hall–Kier alpha value is -2.99. The van der Waals surface area contributed by atoms with Crippen LogP contribution in [0.25, 0.3) is 0 Å². The largest absolute Gasteiger partial charge is 0.493 e. The van der Waals surface area contributed by atoms with E-state index in [4.69, 9.17) is 25.8 Å². The Morgan fingerprint density at radius 3 is 2.62 bits per heavy atom. The van der Waals surface area contributed by atoms with Crippen molar-refractivity contribution in [1.82, 2.24) is 0 Å². The first kappa shape index (κ1) is 19.3. The van der Waals surface area contributed by atoms with Gasteiger partial charge in [0.05, 0.1) is 31.2 Å². The lowest BCUT2D eigenvalue weighted by atomic mass is 9.83. The summed E-state index contributed by atoms with van der Waals surface area (Å²) in [5.41, 5.74) is 3.25. The van der Waals surface area contributed by atoms with E-state index in [2.05, 4.69) is 0 Å². The molecule has 2 aliphatic heterocycles. The Labute approximate surface area is 173 Å². The van der Waals surface area contributed by atoms with Crippen LogP contribution in [0.15, 0.2) is 47.7 Å². The van der Waals surface area contributed by atoms with E-state index >= 15 is 0 Å². The number of carbonyl (C=O) groups excluding carboxylic acids is 2. The predicted octanol–water partition coefficient (Wildman–Crippen LogP) is 4.00. The number of para-hydroxylation sites is 1. The maximum atomic E-state index is 13.2. The number of methoxy groups -OCH3 is 2. The Kier molecular flexibility index (Phi) is 4.96. The summed E-state index contributed by atoms with van der Waals surface area (Å²) in [6, 6.07) is 10.8. The molecule has 0 unspecified atom stereocenters. The molecule has 0 radical (unpaired) electrons. The molecule has 0 aliphatic carbocycles. The van der Waals surface area contributed by atoms with Gasteiger partial charge in [0.15, 0.2) is 11.5 Å². The van der Waals surface area contributed by atoms with E-state index in [1.54, 1.807) is 19.2 Å². The van der Waals surface area contributed by atoms with Gasteiger partial charge in [-0.2, -0.15) is 0 Å². The molecule has 7 heteroatoms. The molecule has 1 amide bonds. The van der Waals surface area contributed by atoms with Crippen molar-refractivity contribution in [2.75, 3.05) is 25.7 Å². The van der Waals surface area contributed by atoms with Crippen LogP contribution in [0.2, 0.25) is 5.02 Å². The smallest absolute Gasteiger partial charge is 0.336 e. The quantitative estimate of drug-likeness (QED) is 0.709. The number of benzene rings is 2. The average Bonchev–Trinajstić information content (AvgIpc) is 3.10. The van der Waals surface area contributed by atoms with Crippen molar-refractivity contribution >= 4 is 29.2 Å². The van der Waals surface area contributed by atoms with Gasteiger partial charge in [0.2, 0.25) is 5.91 Å². The Balaban J connectivity index is 1.86. The monoisotopic (exact) mass is 413 g/mol. The van der Waals surface area contributed by atoms with Crippen LogP contribution in [0, 0.1) is 6.92 Å². The summed E-state index contributed by atoms with van der Waals surface area (Å²) in [6.07, 6.45) is 0.100. The van der Waals surface area contributed by atoms with Gasteiger partial charge >= 0.3 is 5.97 Å². The number of esters is 1. The van der Waals surface area contributed by atoms with Gasteiger partial charge in [-0.05, 0) is 30.7 Å². The molecule has 6 nitrogen and oxygen atoms in total. The highest BCUT2D eigenvalue weighted by atomic mass is 35.5. The van der Waals surface area contributed by atoms with Crippen molar-refractivity contribution < 1.29 is 23.8 Å². The van der Waals surface area contributed by atoms with E-state index in [1.165, 1.54) is 12.0 Å². The molecule has 0 aromatic heterocycles. The topological polar surface area (TPSA) is 65.1 Å². The zero-order chi connectivity index (χ0) is 20.7. The number of amides is 1. The second-order valence-electron chi connectivity index (χ2n) is 6.94. The van der Waals surface area contributed by atoms with Crippen molar-refractivity contribution in [3.63, 3.8) is 0 Å². The van der Waals surface area contributed by atoms with Gasteiger partial charge in [-0.25, -0.2) is 4.79 Å². The molecule has 29 heavy (non-hydrogen) atoms. The minimum Gasteiger partial charge on any atom is -0.493 e. The Morgan fingerprint density at radius 2 is 1.93 bits per heavy atom. The Morgan fingerprint density at radius 1 is 1.14 bits per heavy atom. The highest BCUT2D eigenvalue weighted by Crippen LogP contribution is 2.46. The summed E-state index contributed by atoms with van der Waals surface area (Å²) in [4.78, 5) is 27.4. The average molecular weight is 414 g/mol. The maximum Gasteiger partial charge on any atom is 0.336 e.